The van der Waals surface area contributed by atoms with E-state index in [2.05, 4.69) is 15.1 Å². The van der Waals surface area contributed by atoms with E-state index in [1.165, 1.54) is 0 Å². The topological polar surface area (TPSA) is 89.2 Å². The Morgan fingerprint density at radius 3 is 3.00 bits per heavy atom. The first-order valence-electron chi connectivity index (χ1n) is 8.30. The molecule has 2 aromatic heterocycles. The number of aryl methyl sites for hydroxylation is 1. The molecule has 7 nitrogen and oxygen atoms in total. The fourth-order valence-corrected chi connectivity index (χ4v) is 4.19. The van der Waals surface area contributed by atoms with Crippen LogP contribution in [0.15, 0.2) is 28.9 Å². The maximum atomic E-state index is 12.0. The highest BCUT2D eigenvalue weighted by molar-refractivity contribution is 7.89. The molecule has 0 aromatic carbocycles. The zero-order valence-corrected chi connectivity index (χ0v) is 14.6. The predicted octanol–water partition coefficient (Wildman–Crippen LogP) is 2.13. The predicted molar refractivity (Wildman–Crippen MR) is 89.6 cm³/mol. The molecular formula is C16H22N4O3S. The van der Waals surface area contributed by atoms with Gasteiger partial charge in [0.15, 0.2) is 5.82 Å². The number of hydrogen-bond acceptors (Lipinski definition) is 6. The van der Waals surface area contributed by atoms with E-state index in [9.17, 15) is 8.42 Å². The summed E-state index contributed by atoms with van der Waals surface area (Å²) in [4.78, 5) is 8.57. The van der Waals surface area contributed by atoms with Crippen LogP contribution in [0.4, 0.5) is 0 Å². The molecule has 0 saturated carbocycles. The second kappa shape index (κ2) is 7.40. The van der Waals surface area contributed by atoms with Crippen LogP contribution in [0.25, 0.3) is 11.6 Å². The van der Waals surface area contributed by atoms with Gasteiger partial charge in [-0.25, -0.2) is 12.7 Å². The number of pyridine rings is 1. The minimum Gasteiger partial charge on any atom is -0.332 e. The Hall–Kier alpha value is -1.80. The third-order valence-electron chi connectivity index (χ3n) is 4.37. The third kappa shape index (κ3) is 3.99. The van der Waals surface area contributed by atoms with Gasteiger partial charge in [0.1, 0.15) is 5.69 Å². The van der Waals surface area contributed by atoms with E-state index in [-0.39, 0.29) is 5.75 Å². The SMILES string of the molecule is CCS(=O)(=O)N1CCC[C@H](CCc2noc(-c3ccccn3)n2)C1. The highest BCUT2D eigenvalue weighted by Crippen LogP contribution is 2.23. The molecule has 0 radical (unpaired) electrons. The molecule has 1 aliphatic heterocycles. The van der Waals surface area contributed by atoms with Crippen molar-refractivity contribution in [2.24, 2.45) is 5.92 Å². The molecule has 0 spiro atoms. The van der Waals surface area contributed by atoms with Gasteiger partial charge in [-0.15, -0.1) is 0 Å². The fourth-order valence-electron chi connectivity index (χ4n) is 2.98. The van der Waals surface area contributed by atoms with E-state index in [0.29, 0.717) is 42.8 Å². The molecule has 24 heavy (non-hydrogen) atoms. The van der Waals surface area contributed by atoms with Crippen LogP contribution in [0.5, 0.6) is 0 Å². The van der Waals surface area contributed by atoms with Crippen LogP contribution in [0, 0.1) is 5.92 Å². The monoisotopic (exact) mass is 350 g/mol. The van der Waals surface area contributed by atoms with Crippen LogP contribution < -0.4 is 0 Å². The minimum atomic E-state index is -3.09. The lowest BCUT2D eigenvalue weighted by molar-refractivity contribution is 0.255. The minimum absolute atomic E-state index is 0.165. The summed E-state index contributed by atoms with van der Waals surface area (Å²) >= 11 is 0. The quantitative estimate of drug-likeness (QED) is 0.793. The first kappa shape index (κ1) is 17.0. The molecule has 0 bridgehead atoms. The Kier molecular flexibility index (Phi) is 5.25. The Bertz CT molecular complexity index is 761. The lowest BCUT2D eigenvalue weighted by Crippen LogP contribution is -2.40. The number of nitrogens with zero attached hydrogens (tertiary/aromatic N) is 4. The Morgan fingerprint density at radius 1 is 1.38 bits per heavy atom. The molecule has 0 aliphatic carbocycles. The zero-order valence-electron chi connectivity index (χ0n) is 13.8. The van der Waals surface area contributed by atoms with Gasteiger partial charge in [-0.1, -0.05) is 11.2 Å². The summed E-state index contributed by atoms with van der Waals surface area (Å²) in [7, 11) is -3.09. The van der Waals surface area contributed by atoms with Crippen LogP contribution in [-0.2, 0) is 16.4 Å². The van der Waals surface area contributed by atoms with Crippen LogP contribution in [0.1, 0.15) is 32.0 Å². The fraction of sp³-hybridized carbons (Fsp3) is 0.562. The highest BCUT2D eigenvalue weighted by atomic mass is 32.2. The summed E-state index contributed by atoms with van der Waals surface area (Å²) in [5, 5.41) is 4.00. The molecule has 1 aliphatic rings. The lowest BCUT2D eigenvalue weighted by Gasteiger charge is -2.31. The molecule has 0 N–H and O–H groups in total. The van der Waals surface area contributed by atoms with Crippen molar-refractivity contribution < 1.29 is 12.9 Å². The first-order chi connectivity index (χ1) is 11.6. The summed E-state index contributed by atoms with van der Waals surface area (Å²) in [6.07, 6.45) is 5.18. The smallest absolute Gasteiger partial charge is 0.276 e. The summed E-state index contributed by atoms with van der Waals surface area (Å²) in [6, 6.07) is 5.53. The van der Waals surface area contributed by atoms with Gasteiger partial charge >= 0.3 is 0 Å². The van der Waals surface area contributed by atoms with Crippen molar-refractivity contribution in [2.45, 2.75) is 32.6 Å². The Balaban J connectivity index is 1.57. The van der Waals surface area contributed by atoms with Gasteiger partial charge in [-0.2, -0.15) is 4.98 Å². The molecule has 130 valence electrons. The number of piperidine rings is 1. The second-order valence-electron chi connectivity index (χ2n) is 6.04. The van der Waals surface area contributed by atoms with Crippen LogP contribution in [-0.4, -0.2) is 46.7 Å². The summed E-state index contributed by atoms with van der Waals surface area (Å²) in [5.41, 5.74) is 0.661. The van der Waals surface area contributed by atoms with E-state index < -0.39 is 10.0 Å². The summed E-state index contributed by atoms with van der Waals surface area (Å²) < 4.78 is 30.9. The Morgan fingerprint density at radius 2 is 2.25 bits per heavy atom. The van der Waals surface area contributed by atoms with Crippen LogP contribution in [0.3, 0.4) is 0 Å². The van der Waals surface area contributed by atoms with E-state index in [1.807, 2.05) is 18.2 Å². The normalized spacial score (nSPS) is 19.5. The van der Waals surface area contributed by atoms with Crippen molar-refractivity contribution in [1.29, 1.82) is 0 Å². The first-order valence-corrected chi connectivity index (χ1v) is 9.91. The van der Waals surface area contributed by atoms with Gasteiger partial charge in [0.2, 0.25) is 10.0 Å². The van der Waals surface area contributed by atoms with Gasteiger partial charge in [0.05, 0.1) is 5.75 Å². The van der Waals surface area contributed by atoms with Gasteiger partial charge in [-0.3, -0.25) is 4.98 Å². The van der Waals surface area contributed by atoms with Gasteiger partial charge < -0.3 is 4.52 Å². The summed E-state index contributed by atoms with van der Waals surface area (Å²) in [5.74, 6) is 1.57. The average Bonchev–Trinajstić information content (AvgIpc) is 3.10. The zero-order chi connectivity index (χ0) is 17.0. The molecule has 1 saturated heterocycles. The molecule has 1 fully saturated rings. The lowest BCUT2D eigenvalue weighted by atomic mass is 9.94. The summed E-state index contributed by atoms with van der Waals surface area (Å²) in [6.45, 7) is 2.93. The Labute approximate surface area is 142 Å². The third-order valence-corrected chi connectivity index (χ3v) is 6.22. The van der Waals surface area contributed by atoms with Crippen LogP contribution >= 0.6 is 0 Å². The molecule has 2 aromatic rings. The molecule has 0 amide bonds. The van der Waals surface area contributed by atoms with Crippen molar-refractivity contribution in [3.63, 3.8) is 0 Å². The van der Waals surface area contributed by atoms with Gasteiger partial charge in [0.25, 0.3) is 5.89 Å². The van der Waals surface area contributed by atoms with E-state index >= 15 is 0 Å². The molecule has 0 unspecified atom stereocenters. The number of hydrogen-bond donors (Lipinski definition) is 0. The van der Waals surface area contributed by atoms with Crippen molar-refractivity contribution in [3.8, 4) is 11.6 Å². The van der Waals surface area contributed by atoms with Crippen molar-refractivity contribution >= 4 is 10.0 Å². The maximum absolute atomic E-state index is 12.0. The molecule has 3 rings (SSSR count). The van der Waals surface area contributed by atoms with Crippen molar-refractivity contribution in [3.05, 3.63) is 30.2 Å². The van der Waals surface area contributed by atoms with Crippen molar-refractivity contribution in [1.82, 2.24) is 19.4 Å². The van der Waals surface area contributed by atoms with Gasteiger partial charge in [0, 0.05) is 25.7 Å². The number of sulfonamides is 1. The molecule has 1 atom stereocenters. The maximum Gasteiger partial charge on any atom is 0.276 e. The number of aromatic nitrogens is 3. The van der Waals surface area contributed by atoms with E-state index in [0.717, 1.165) is 19.3 Å². The molecule has 8 heteroatoms. The van der Waals surface area contributed by atoms with Gasteiger partial charge in [-0.05, 0) is 44.2 Å². The average molecular weight is 350 g/mol. The molecule has 3 heterocycles. The van der Waals surface area contributed by atoms with Crippen LogP contribution in [0.2, 0.25) is 0 Å². The van der Waals surface area contributed by atoms with Crippen molar-refractivity contribution in [2.75, 3.05) is 18.8 Å². The number of rotatable bonds is 6. The van der Waals surface area contributed by atoms with E-state index in [1.54, 1.807) is 17.4 Å². The molecular weight excluding hydrogens is 328 g/mol. The largest absolute Gasteiger partial charge is 0.332 e. The highest BCUT2D eigenvalue weighted by Gasteiger charge is 2.27. The van der Waals surface area contributed by atoms with E-state index in [4.69, 9.17) is 4.52 Å². The second-order valence-corrected chi connectivity index (χ2v) is 8.29. The standard InChI is InChI=1S/C16H22N4O3S/c1-2-24(21,22)20-11-5-6-13(12-20)8-9-15-18-16(23-19-15)14-7-3-4-10-17-14/h3-4,7,10,13H,2,5-6,8-9,11-12H2,1H3/t13-/m1/s1.